The molecular formula is C20H31N3O3. The van der Waals surface area contributed by atoms with Gasteiger partial charge in [-0.25, -0.2) is 0 Å². The summed E-state index contributed by atoms with van der Waals surface area (Å²) in [7, 11) is 1.96. The number of furan rings is 1. The molecule has 2 fully saturated rings. The summed E-state index contributed by atoms with van der Waals surface area (Å²) in [6.07, 6.45) is 7.83. The minimum atomic E-state index is 0.00120. The van der Waals surface area contributed by atoms with E-state index >= 15 is 0 Å². The predicted octanol–water partition coefficient (Wildman–Crippen LogP) is 2.46. The van der Waals surface area contributed by atoms with Crippen molar-refractivity contribution in [3.63, 3.8) is 0 Å². The number of carbonyl (C=O) groups is 2. The van der Waals surface area contributed by atoms with Crippen LogP contribution in [0.1, 0.15) is 49.4 Å². The molecule has 2 saturated heterocycles. The van der Waals surface area contributed by atoms with Crippen LogP contribution in [0, 0.1) is 5.92 Å². The smallest absolute Gasteiger partial charge is 0.257 e. The average molecular weight is 361 g/mol. The largest absolute Gasteiger partial charge is 0.472 e. The lowest BCUT2D eigenvalue weighted by Gasteiger charge is -2.39. The van der Waals surface area contributed by atoms with E-state index in [0.717, 1.165) is 45.3 Å². The van der Waals surface area contributed by atoms with Crippen molar-refractivity contribution < 1.29 is 14.0 Å². The molecule has 144 valence electrons. The van der Waals surface area contributed by atoms with E-state index in [9.17, 15) is 9.59 Å². The highest BCUT2D eigenvalue weighted by molar-refractivity contribution is 5.94. The first-order valence-corrected chi connectivity index (χ1v) is 9.90. The number of hydrogen-bond acceptors (Lipinski definition) is 4. The zero-order valence-electron chi connectivity index (χ0n) is 16.0. The van der Waals surface area contributed by atoms with E-state index in [1.165, 1.54) is 18.9 Å². The molecule has 3 heterocycles. The Morgan fingerprint density at radius 2 is 1.85 bits per heavy atom. The second kappa shape index (κ2) is 8.71. The van der Waals surface area contributed by atoms with Crippen LogP contribution in [0.4, 0.5) is 0 Å². The fraction of sp³-hybridized carbons (Fsp3) is 0.700. The quantitative estimate of drug-likeness (QED) is 0.808. The summed E-state index contributed by atoms with van der Waals surface area (Å²) < 4.78 is 5.00. The Kier molecular flexibility index (Phi) is 6.35. The normalized spacial score (nSPS) is 20.3. The lowest BCUT2D eigenvalue weighted by molar-refractivity contribution is -0.138. The van der Waals surface area contributed by atoms with Gasteiger partial charge in [-0.05, 0) is 44.7 Å². The molecule has 3 rings (SSSR count). The van der Waals surface area contributed by atoms with Crippen LogP contribution < -0.4 is 0 Å². The fourth-order valence-corrected chi connectivity index (χ4v) is 4.21. The molecule has 1 aromatic heterocycles. The van der Waals surface area contributed by atoms with E-state index < -0.39 is 0 Å². The van der Waals surface area contributed by atoms with Crippen molar-refractivity contribution in [2.24, 2.45) is 5.92 Å². The third-order valence-electron chi connectivity index (χ3n) is 5.89. The van der Waals surface area contributed by atoms with Gasteiger partial charge >= 0.3 is 0 Å². The van der Waals surface area contributed by atoms with Crippen molar-refractivity contribution in [2.75, 3.05) is 39.8 Å². The van der Waals surface area contributed by atoms with Crippen LogP contribution in [0.3, 0.4) is 0 Å². The molecule has 2 aliphatic heterocycles. The van der Waals surface area contributed by atoms with Crippen LogP contribution in [0.15, 0.2) is 23.0 Å². The standard InChI is InChI=1S/C20H31N3O3/c1-3-9-22-10-6-18(7-11-22)21(2)19(24)16-4-12-23(13-5-16)20(25)17-8-14-26-15-17/h8,14-16,18H,3-7,9-13H2,1-2H3. The topological polar surface area (TPSA) is 57.0 Å². The molecule has 0 atom stereocenters. The summed E-state index contributed by atoms with van der Waals surface area (Å²) in [4.78, 5) is 31.6. The van der Waals surface area contributed by atoms with Crippen LogP contribution in [0.2, 0.25) is 0 Å². The Hall–Kier alpha value is -1.82. The van der Waals surface area contributed by atoms with E-state index in [-0.39, 0.29) is 17.7 Å². The van der Waals surface area contributed by atoms with Crippen LogP contribution in [0.5, 0.6) is 0 Å². The fourth-order valence-electron chi connectivity index (χ4n) is 4.21. The molecule has 0 bridgehead atoms. The van der Waals surface area contributed by atoms with Gasteiger partial charge < -0.3 is 19.1 Å². The first-order valence-electron chi connectivity index (χ1n) is 9.90. The first kappa shape index (κ1) is 19.0. The Labute approximate surface area is 156 Å². The molecule has 26 heavy (non-hydrogen) atoms. The van der Waals surface area contributed by atoms with Gasteiger partial charge in [0, 0.05) is 45.2 Å². The zero-order valence-corrected chi connectivity index (χ0v) is 16.0. The van der Waals surface area contributed by atoms with Gasteiger partial charge in [-0.2, -0.15) is 0 Å². The third kappa shape index (κ3) is 4.29. The molecule has 6 nitrogen and oxygen atoms in total. The van der Waals surface area contributed by atoms with Gasteiger partial charge in [0.2, 0.25) is 5.91 Å². The number of amides is 2. The monoisotopic (exact) mass is 361 g/mol. The number of carbonyl (C=O) groups excluding carboxylic acids is 2. The number of nitrogens with zero attached hydrogens (tertiary/aromatic N) is 3. The minimum Gasteiger partial charge on any atom is -0.472 e. The molecule has 0 radical (unpaired) electrons. The van der Waals surface area contributed by atoms with Gasteiger partial charge in [0.05, 0.1) is 11.8 Å². The second-order valence-corrected chi connectivity index (χ2v) is 7.60. The van der Waals surface area contributed by atoms with E-state index in [2.05, 4.69) is 11.8 Å². The van der Waals surface area contributed by atoms with Crippen LogP contribution in [0.25, 0.3) is 0 Å². The number of piperidine rings is 2. The summed E-state index contributed by atoms with van der Waals surface area (Å²) >= 11 is 0. The second-order valence-electron chi connectivity index (χ2n) is 7.60. The van der Waals surface area contributed by atoms with E-state index in [0.29, 0.717) is 24.7 Å². The Bertz CT molecular complexity index is 585. The maximum atomic E-state index is 12.9. The van der Waals surface area contributed by atoms with Crippen molar-refractivity contribution in [3.8, 4) is 0 Å². The van der Waals surface area contributed by atoms with E-state index in [1.807, 2.05) is 16.8 Å². The predicted molar refractivity (Wildman–Crippen MR) is 99.9 cm³/mol. The number of hydrogen-bond donors (Lipinski definition) is 0. The van der Waals surface area contributed by atoms with Crippen molar-refractivity contribution >= 4 is 11.8 Å². The molecule has 2 aliphatic rings. The maximum Gasteiger partial charge on any atom is 0.257 e. The van der Waals surface area contributed by atoms with Gasteiger partial charge in [0.1, 0.15) is 6.26 Å². The molecule has 1 aromatic rings. The molecular weight excluding hydrogens is 330 g/mol. The molecule has 6 heteroatoms. The number of likely N-dealkylation sites (tertiary alicyclic amines) is 2. The highest BCUT2D eigenvalue weighted by atomic mass is 16.3. The van der Waals surface area contributed by atoms with Crippen LogP contribution >= 0.6 is 0 Å². The van der Waals surface area contributed by atoms with Gasteiger partial charge in [-0.3, -0.25) is 9.59 Å². The van der Waals surface area contributed by atoms with E-state index in [4.69, 9.17) is 4.42 Å². The number of rotatable bonds is 5. The third-order valence-corrected chi connectivity index (χ3v) is 5.89. The highest BCUT2D eigenvalue weighted by Crippen LogP contribution is 2.24. The SMILES string of the molecule is CCCN1CCC(N(C)C(=O)C2CCN(C(=O)c3ccoc3)CC2)CC1. The first-order chi connectivity index (χ1) is 12.6. The van der Waals surface area contributed by atoms with Crippen LogP contribution in [-0.2, 0) is 4.79 Å². The van der Waals surface area contributed by atoms with E-state index in [1.54, 1.807) is 6.07 Å². The highest BCUT2D eigenvalue weighted by Gasteiger charge is 2.33. The zero-order chi connectivity index (χ0) is 18.5. The lowest BCUT2D eigenvalue weighted by Crippen LogP contribution is -2.49. The van der Waals surface area contributed by atoms with Crippen LogP contribution in [-0.4, -0.2) is 72.3 Å². The van der Waals surface area contributed by atoms with Crippen molar-refractivity contribution in [1.29, 1.82) is 0 Å². The molecule has 0 aromatic carbocycles. The minimum absolute atomic E-state index is 0.00120. The van der Waals surface area contributed by atoms with Gasteiger partial charge in [-0.1, -0.05) is 6.92 Å². The van der Waals surface area contributed by atoms with Crippen molar-refractivity contribution in [2.45, 2.75) is 45.1 Å². The molecule has 0 saturated carbocycles. The average Bonchev–Trinajstić information content (AvgIpc) is 3.22. The van der Waals surface area contributed by atoms with Gasteiger partial charge in [0.15, 0.2) is 0 Å². The molecule has 0 N–H and O–H groups in total. The van der Waals surface area contributed by atoms with Gasteiger partial charge in [0.25, 0.3) is 5.91 Å². The summed E-state index contributed by atoms with van der Waals surface area (Å²) in [6, 6.07) is 2.05. The Morgan fingerprint density at radius 1 is 1.15 bits per heavy atom. The summed E-state index contributed by atoms with van der Waals surface area (Å²) in [5, 5.41) is 0. The molecule has 0 aliphatic carbocycles. The maximum absolute atomic E-state index is 12.9. The Morgan fingerprint density at radius 3 is 2.42 bits per heavy atom. The summed E-state index contributed by atoms with van der Waals surface area (Å²) in [5.41, 5.74) is 0.589. The lowest BCUT2D eigenvalue weighted by atomic mass is 9.93. The van der Waals surface area contributed by atoms with Gasteiger partial charge in [-0.15, -0.1) is 0 Å². The summed E-state index contributed by atoms with van der Waals surface area (Å²) in [5.74, 6) is 0.303. The molecule has 2 amide bonds. The van der Waals surface area contributed by atoms with Crippen molar-refractivity contribution in [3.05, 3.63) is 24.2 Å². The Balaban J connectivity index is 1.47. The molecule has 0 unspecified atom stereocenters. The molecule has 0 spiro atoms. The van der Waals surface area contributed by atoms with Crippen molar-refractivity contribution in [1.82, 2.24) is 14.7 Å². The summed E-state index contributed by atoms with van der Waals surface area (Å²) in [6.45, 7) is 6.84.